The number of aryl methyl sites for hydroxylation is 1. The molecule has 0 aliphatic carbocycles. The molecule has 0 radical (unpaired) electrons. The average molecular weight is 268 g/mol. The summed E-state index contributed by atoms with van der Waals surface area (Å²) in [6.45, 7) is 2.89. The summed E-state index contributed by atoms with van der Waals surface area (Å²) in [6, 6.07) is 16.0. The van der Waals surface area contributed by atoms with E-state index >= 15 is 0 Å². The zero-order valence-electron chi connectivity index (χ0n) is 11.4. The molecule has 0 saturated carbocycles. The summed E-state index contributed by atoms with van der Waals surface area (Å²) in [5, 5.41) is 15.8. The van der Waals surface area contributed by atoms with Crippen LogP contribution in [-0.4, -0.2) is 5.84 Å². The lowest BCUT2D eigenvalue weighted by Gasteiger charge is -2.08. The van der Waals surface area contributed by atoms with Crippen LogP contribution >= 0.6 is 0 Å². The second kappa shape index (κ2) is 6.47. The summed E-state index contributed by atoms with van der Waals surface area (Å²) in [6.07, 6.45) is 0. The number of hydrogen-bond acceptors (Lipinski definition) is 2. The van der Waals surface area contributed by atoms with E-state index in [1.54, 1.807) is 0 Å². The molecule has 0 aliphatic heterocycles. The number of hydrogen-bond donors (Lipinski definition) is 3. The lowest BCUT2D eigenvalue weighted by atomic mass is 10.1. The van der Waals surface area contributed by atoms with E-state index in [4.69, 9.17) is 11.3 Å². The topological polar surface area (TPSA) is 88.4 Å². The van der Waals surface area contributed by atoms with Crippen molar-refractivity contribution in [2.45, 2.75) is 13.5 Å². The number of nitrogens with zero attached hydrogens (tertiary/aromatic N) is 2. The smallest absolute Gasteiger partial charge is 0.350 e. The molecule has 0 heterocycles. The predicted molar refractivity (Wildman–Crippen MR) is 80.0 cm³/mol. The normalized spacial score (nSPS) is 10.7. The van der Waals surface area contributed by atoms with Crippen molar-refractivity contribution in [3.05, 3.63) is 65.2 Å². The Morgan fingerprint density at radius 1 is 1.15 bits per heavy atom. The fourth-order valence-corrected chi connectivity index (χ4v) is 1.88. The minimum absolute atomic E-state index is 0.304. The number of benzene rings is 2. The highest BCUT2D eigenvalue weighted by atomic mass is 15.3. The van der Waals surface area contributed by atoms with Crippen LogP contribution in [0.4, 0.5) is 5.69 Å². The van der Waals surface area contributed by atoms with Crippen LogP contribution in [0, 0.1) is 6.92 Å². The van der Waals surface area contributed by atoms with Gasteiger partial charge in [0, 0.05) is 17.5 Å². The SMILES string of the molecule is Cc1ccccc1CNc1ccc(C(=[NH2+])N=NN)cc1. The van der Waals surface area contributed by atoms with E-state index in [9.17, 15) is 0 Å². The summed E-state index contributed by atoms with van der Waals surface area (Å²) in [7, 11) is 0. The average Bonchev–Trinajstić information content (AvgIpc) is 2.47. The van der Waals surface area contributed by atoms with Crippen LogP contribution in [0.3, 0.4) is 0 Å². The summed E-state index contributed by atoms with van der Waals surface area (Å²) in [4.78, 5) is 0. The van der Waals surface area contributed by atoms with Gasteiger partial charge in [-0.15, -0.1) is 0 Å². The van der Waals surface area contributed by atoms with Gasteiger partial charge in [-0.1, -0.05) is 24.3 Å². The Hall–Kier alpha value is -2.69. The first kappa shape index (κ1) is 13.7. The molecule has 0 spiro atoms. The fourth-order valence-electron chi connectivity index (χ4n) is 1.88. The Bertz CT molecular complexity index is 616. The van der Waals surface area contributed by atoms with E-state index in [1.807, 2.05) is 36.4 Å². The van der Waals surface area contributed by atoms with Gasteiger partial charge in [0.25, 0.3) is 0 Å². The van der Waals surface area contributed by atoms with E-state index < -0.39 is 0 Å². The quantitative estimate of drug-likeness (QED) is 0.257. The minimum Gasteiger partial charge on any atom is -0.381 e. The molecule has 0 atom stereocenters. The molecule has 0 fully saturated rings. The number of amidine groups is 1. The summed E-state index contributed by atoms with van der Waals surface area (Å²) >= 11 is 0. The van der Waals surface area contributed by atoms with Crippen LogP contribution in [0.2, 0.25) is 0 Å². The minimum atomic E-state index is 0.304. The monoisotopic (exact) mass is 268 g/mol. The lowest BCUT2D eigenvalue weighted by Crippen LogP contribution is -2.38. The maximum Gasteiger partial charge on any atom is 0.350 e. The van der Waals surface area contributed by atoms with Gasteiger partial charge in [0.1, 0.15) is 0 Å². The largest absolute Gasteiger partial charge is 0.381 e. The molecule has 0 saturated heterocycles. The lowest BCUT2D eigenvalue weighted by molar-refractivity contribution is -0.114. The molecular formula is C15H18N5+. The van der Waals surface area contributed by atoms with Gasteiger partial charge in [-0.2, -0.15) is 0 Å². The van der Waals surface area contributed by atoms with E-state index in [1.165, 1.54) is 11.1 Å². The van der Waals surface area contributed by atoms with Crippen molar-refractivity contribution in [1.82, 2.24) is 0 Å². The third-order valence-electron chi connectivity index (χ3n) is 3.09. The van der Waals surface area contributed by atoms with E-state index in [-0.39, 0.29) is 0 Å². The maximum atomic E-state index is 5.70. The Morgan fingerprint density at radius 2 is 1.85 bits per heavy atom. The number of nitrogens with two attached hydrogens (primary N) is 2. The van der Waals surface area contributed by atoms with E-state index in [0.29, 0.717) is 5.84 Å². The molecular weight excluding hydrogens is 250 g/mol. The Labute approximate surface area is 118 Å². The number of anilines is 1. The second-order valence-corrected chi connectivity index (χ2v) is 4.46. The highest BCUT2D eigenvalue weighted by Gasteiger charge is 2.07. The fraction of sp³-hybridized carbons (Fsp3) is 0.133. The molecule has 5 nitrogen and oxygen atoms in total. The van der Waals surface area contributed by atoms with Crippen molar-refractivity contribution in [3.8, 4) is 0 Å². The van der Waals surface area contributed by atoms with Gasteiger partial charge in [0.2, 0.25) is 0 Å². The molecule has 0 bridgehead atoms. The van der Waals surface area contributed by atoms with Gasteiger partial charge in [-0.05, 0) is 42.3 Å². The summed E-state index contributed by atoms with van der Waals surface area (Å²) in [5.41, 5.74) is 4.37. The van der Waals surface area contributed by atoms with Gasteiger partial charge in [-0.25, -0.2) is 0 Å². The Morgan fingerprint density at radius 3 is 2.50 bits per heavy atom. The molecule has 5 heteroatoms. The highest BCUT2D eigenvalue weighted by molar-refractivity contribution is 5.94. The molecule has 2 rings (SSSR count). The summed E-state index contributed by atoms with van der Waals surface area (Å²) < 4.78 is 0. The van der Waals surface area contributed by atoms with E-state index in [0.717, 1.165) is 17.8 Å². The molecule has 5 N–H and O–H groups in total. The molecule has 2 aromatic rings. The van der Waals surface area contributed by atoms with Crippen LogP contribution < -0.4 is 16.6 Å². The molecule has 0 amide bonds. The Kier molecular flexibility index (Phi) is 4.44. The van der Waals surface area contributed by atoms with E-state index in [2.05, 4.69) is 34.7 Å². The zero-order chi connectivity index (χ0) is 14.4. The highest BCUT2D eigenvalue weighted by Crippen LogP contribution is 2.13. The molecule has 102 valence electrons. The van der Waals surface area contributed by atoms with Crippen molar-refractivity contribution in [3.63, 3.8) is 0 Å². The van der Waals surface area contributed by atoms with Crippen LogP contribution in [0.25, 0.3) is 0 Å². The van der Waals surface area contributed by atoms with Crippen LogP contribution in [0.15, 0.2) is 58.9 Å². The van der Waals surface area contributed by atoms with Gasteiger partial charge in [0.05, 0.1) is 10.7 Å². The van der Waals surface area contributed by atoms with Gasteiger partial charge < -0.3 is 5.32 Å². The predicted octanol–water partition coefficient (Wildman–Crippen LogP) is 1.44. The summed E-state index contributed by atoms with van der Waals surface area (Å²) in [5.74, 6) is 5.27. The molecule has 2 aromatic carbocycles. The first-order chi connectivity index (χ1) is 9.70. The standard InChI is InChI=1S/C15H17N5/c1-11-4-2-3-5-13(11)10-18-14-8-6-12(7-9-14)15(16)19-20-17/h2-9,18H,10H2,1H3,(H3,16,17,19)/p+1. The van der Waals surface area contributed by atoms with Gasteiger partial charge >= 0.3 is 5.84 Å². The van der Waals surface area contributed by atoms with Crippen molar-refractivity contribution in [1.29, 1.82) is 0 Å². The van der Waals surface area contributed by atoms with Crippen molar-refractivity contribution < 1.29 is 5.41 Å². The van der Waals surface area contributed by atoms with Crippen molar-refractivity contribution >= 4 is 11.5 Å². The second-order valence-electron chi connectivity index (χ2n) is 4.46. The van der Waals surface area contributed by atoms with Crippen LogP contribution in [0.1, 0.15) is 16.7 Å². The van der Waals surface area contributed by atoms with Crippen molar-refractivity contribution in [2.24, 2.45) is 16.2 Å². The van der Waals surface area contributed by atoms with Crippen LogP contribution in [0.5, 0.6) is 0 Å². The zero-order valence-corrected chi connectivity index (χ0v) is 11.4. The Balaban J connectivity index is 2.01. The first-order valence-corrected chi connectivity index (χ1v) is 6.33. The molecule has 0 aromatic heterocycles. The number of nitrogens with one attached hydrogen (secondary N) is 1. The first-order valence-electron chi connectivity index (χ1n) is 6.33. The molecule has 20 heavy (non-hydrogen) atoms. The molecule has 0 aliphatic rings. The molecule has 0 unspecified atom stereocenters. The van der Waals surface area contributed by atoms with Gasteiger partial charge in [0.15, 0.2) is 0 Å². The third-order valence-corrected chi connectivity index (χ3v) is 3.09. The van der Waals surface area contributed by atoms with Crippen LogP contribution in [-0.2, 0) is 6.54 Å². The number of rotatable bonds is 4. The van der Waals surface area contributed by atoms with Crippen molar-refractivity contribution in [2.75, 3.05) is 5.32 Å². The van der Waals surface area contributed by atoms with Gasteiger partial charge in [-0.3, -0.25) is 11.3 Å². The maximum absolute atomic E-state index is 5.70. The third kappa shape index (κ3) is 3.41.